The Labute approximate surface area is 207 Å². The number of alkyl carbamates (subject to hydrolysis) is 1. The van der Waals surface area contributed by atoms with Gasteiger partial charge in [0.2, 0.25) is 0 Å². The molecule has 1 aliphatic carbocycles. The maximum Gasteiger partial charge on any atom is 0.407 e. The van der Waals surface area contributed by atoms with Crippen molar-refractivity contribution in [2.75, 3.05) is 6.61 Å². The Morgan fingerprint density at radius 2 is 1.74 bits per heavy atom. The van der Waals surface area contributed by atoms with Gasteiger partial charge in [0.15, 0.2) is 0 Å². The number of benzene rings is 2. The molecule has 1 heterocycles. The van der Waals surface area contributed by atoms with E-state index in [0.717, 1.165) is 28.7 Å². The average Bonchev–Trinajstić information content (AvgIpc) is 3.47. The molecule has 35 heavy (non-hydrogen) atoms. The highest BCUT2D eigenvalue weighted by Gasteiger charge is 2.29. The van der Waals surface area contributed by atoms with Crippen LogP contribution in [0.5, 0.6) is 0 Å². The van der Waals surface area contributed by atoms with Crippen molar-refractivity contribution in [1.82, 2.24) is 15.6 Å². The quantitative estimate of drug-likeness (QED) is 0.381. The largest absolute Gasteiger partial charge is 0.480 e. The summed E-state index contributed by atoms with van der Waals surface area (Å²) in [5.41, 5.74) is 4.71. The van der Waals surface area contributed by atoms with Crippen LogP contribution >= 0.6 is 11.3 Å². The van der Waals surface area contributed by atoms with Crippen molar-refractivity contribution < 1.29 is 24.2 Å². The highest BCUT2D eigenvalue weighted by Crippen LogP contribution is 2.44. The third kappa shape index (κ3) is 5.68. The van der Waals surface area contributed by atoms with Crippen molar-refractivity contribution >= 4 is 29.3 Å². The lowest BCUT2D eigenvalue weighted by atomic mass is 9.98. The van der Waals surface area contributed by atoms with Gasteiger partial charge in [-0.3, -0.25) is 4.79 Å². The van der Waals surface area contributed by atoms with E-state index in [2.05, 4.69) is 39.9 Å². The van der Waals surface area contributed by atoms with E-state index in [4.69, 9.17) is 4.74 Å². The Kier molecular flexibility index (Phi) is 7.77. The molecule has 1 aliphatic rings. The molecule has 182 valence electrons. The number of ether oxygens (including phenoxy) is 1. The number of carboxylic acid groups (broad SMARTS) is 1. The number of thiazole rings is 1. The van der Waals surface area contributed by atoms with E-state index in [-0.39, 0.29) is 24.8 Å². The molecule has 2 amide bonds. The summed E-state index contributed by atoms with van der Waals surface area (Å²) < 4.78 is 5.51. The van der Waals surface area contributed by atoms with E-state index in [1.165, 1.54) is 11.3 Å². The van der Waals surface area contributed by atoms with Gasteiger partial charge in [0.05, 0.1) is 6.54 Å². The molecule has 0 saturated carbocycles. The summed E-state index contributed by atoms with van der Waals surface area (Å²) in [6.07, 6.45) is 1.32. The Balaban J connectivity index is 1.29. The van der Waals surface area contributed by atoms with Crippen LogP contribution < -0.4 is 10.6 Å². The highest BCUT2D eigenvalue weighted by atomic mass is 32.1. The normalized spacial score (nSPS) is 12.9. The van der Waals surface area contributed by atoms with Crippen molar-refractivity contribution in [2.24, 2.45) is 0 Å². The van der Waals surface area contributed by atoms with Gasteiger partial charge >= 0.3 is 12.1 Å². The lowest BCUT2D eigenvalue weighted by Gasteiger charge is -2.14. The van der Waals surface area contributed by atoms with Crippen LogP contribution in [-0.2, 0) is 16.1 Å². The van der Waals surface area contributed by atoms with E-state index in [1.54, 1.807) is 5.38 Å². The minimum absolute atomic E-state index is 0.0294. The summed E-state index contributed by atoms with van der Waals surface area (Å²) in [5.74, 6) is -1.64. The van der Waals surface area contributed by atoms with Crippen molar-refractivity contribution in [3.63, 3.8) is 0 Å². The number of amides is 2. The number of carbonyl (C=O) groups is 3. The fraction of sp³-hybridized carbons (Fsp3) is 0.308. The predicted molar refractivity (Wildman–Crippen MR) is 132 cm³/mol. The molecule has 4 rings (SSSR count). The van der Waals surface area contributed by atoms with Crippen molar-refractivity contribution in [1.29, 1.82) is 0 Å². The molecule has 8 nitrogen and oxygen atoms in total. The second-order valence-corrected chi connectivity index (χ2v) is 9.25. The summed E-state index contributed by atoms with van der Waals surface area (Å²) >= 11 is 1.21. The first-order valence-corrected chi connectivity index (χ1v) is 12.4. The first-order chi connectivity index (χ1) is 17.0. The third-order valence-electron chi connectivity index (χ3n) is 5.96. The minimum atomic E-state index is -1.07. The molecule has 0 spiro atoms. The smallest absolute Gasteiger partial charge is 0.407 e. The number of unbranched alkanes of at least 4 members (excludes halogenated alkanes) is 1. The van der Waals surface area contributed by atoms with Gasteiger partial charge in [-0.1, -0.05) is 68.3 Å². The number of hydrogen-bond donors (Lipinski definition) is 3. The molecule has 0 unspecified atom stereocenters. The van der Waals surface area contributed by atoms with E-state index < -0.39 is 24.0 Å². The molecule has 0 aliphatic heterocycles. The summed E-state index contributed by atoms with van der Waals surface area (Å²) in [6.45, 7) is 2.27. The molecular weight excluding hydrogens is 466 g/mol. The van der Waals surface area contributed by atoms with Crippen molar-refractivity contribution in [2.45, 2.75) is 44.7 Å². The van der Waals surface area contributed by atoms with Gasteiger partial charge in [-0.05, 0) is 28.7 Å². The van der Waals surface area contributed by atoms with Crippen LogP contribution in [0.15, 0.2) is 53.9 Å². The fourth-order valence-electron chi connectivity index (χ4n) is 4.19. The highest BCUT2D eigenvalue weighted by molar-refractivity contribution is 7.09. The lowest BCUT2D eigenvalue weighted by Crippen LogP contribution is -2.40. The maximum absolute atomic E-state index is 12.4. The van der Waals surface area contributed by atoms with Gasteiger partial charge in [-0.2, -0.15) is 0 Å². The molecule has 2 aromatic carbocycles. The second-order valence-electron chi connectivity index (χ2n) is 8.31. The molecule has 9 heteroatoms. The third-order valence-corrected chi connectivity index (χ3v) is 6.81. The summed E-state index contributed by atoms with van der Waals surface area (Å²) in [6, 6.07) is 15.3. The molecular formula is C26H27N3O5S. The molecule has 0 bridgehead atoms. The molecule has 3 N–H and O–H groups in total. The average molecular weight is 494 g/mol. The number of fused-ring (bicyclic) bond motifs is 3. The first-order valence-electron chi connectivity index (χ1n) is 11.5. The van der Waals surface area contributed by atoms with Gasteiger partial charge in [0.1, 0.15) is 23.4 Å². The molecule has 0 fully saturated rings. The van der Waals surface area contributed by atoms with E-state index in [1.807, 2.05) is 31.2 Å². The van der Waals surface area contributed by atoms with E-state index >= 15 is 0 Å². The first kappa shape index (κ1) is 24.4. The second kappa shape index (κ2) is 11.1. The zero-order valence-corrected chi connectivity index (χ0v) is 20.1. The van der Waals surface area contributed by atoms with Crippen LogP contribution in [0.4, 0.5) is 4.79 Å². The number of aromatic nitrogens is 1. The number of hydrogen-bond acceptors (Lipinski definition) is 6. The summed E-state index contributed by atoms with van der Waals surface area (Å²) in [4.78, 5) is 40.3. The van der Waals surface area contributed by atoms with Crippen LogP contribution in [0.1, 0.15) is 58.7 Å². The number of carboxylic acids is 1. The standard InChI is InChI=1S/C26H27N3O5S/c1-2-3-12-21(25(31)32)29-24(30)22-15-35-23(28-22)13-27-26(33)34-14-20-18-10-6-4-8-16(18)17-9-5-7-11-19(17)20/h4-11,15,20-21H,2-3,12-14H2,1H3,(H,27,33)(H,29,30)(H,31,32)/t21-/m0/s1. The monoisotopic (exact) mass is 493 g/mol. The molecule has 0 saturated heterocycles. The lowest BCUT2D eigenvalue weighted by molar-refractivity contribution is -0.139. The number of nitrogens with zero attached hydrogens (tertiary/aromatic N) is 1. The number of nitrogens with one attached hydrogen (secondary N) is 2. The van der Waals surface area contributed by atoms with Crippen LogP contribution in [0.2, 0.25) is 0 Å². The zero-order valence-electron chi connectivity index (χ0n) is 19.3. The Morgan fingerprint density at radius 1 is 1.09 bits per heavy atom. The predicted octanol–water partition coefficient (Wildman–Crippen LogP) is 4.56. The molecule has 1 aromatic heterocycles. The van der Waals surface area contributed by atoms with E-state index in [0.29, 0.717) is 17.8 Å². The van der Waals surface area contributed by atoms with Gasteiger partial charge in [-0.15, -0.1) is 11.3 Å². The molecule has 1 atom stereocenters. The fourth-order valence-corrected chi connectivity index (χ4v) is 4.91. The summed E-state index contributed by atoms with van der Waals surface area (Å²) in [5, 5.41) is 16.5. The summed E-state index contributed by atoms with van der Waals surface area (Å²) in [7, 11) is 0. The molecule has 3 aromatic rings. The Morgan fingerprint density at radius 3 is 2.37 bits per heavy atom. The topological polar surface area (TPSA) is 118 Å². The SMILES string of the molecule is CCCC[C@H](NC(=O)c1csc(CNC(=O)OCC2c3ccccc3-c3ccccc32)n1)C(=O)O. The van der Waals surface area contributed by atoms with Crippen molar-refractivity contribution in [3.05, 3.63) is 75.7 Å². The zero-order chi connectivity index (χ0) is 24.8. The number of carbonyl (C=O) groups excluding carboxylic acids is 2. The number of rotatable bonds is 10. The van der Waals surface area contributed by atoms with Crippen LogP contribution in [0, 0.1) is 0 Å². The van der Waals surface area contributed by atoms with Crippen LogP contribution in [0.25, 0.3) is 11.1 Å². The Hall–Kier alpha value is -3.72. The van der Waals surface area contributed by atoms with Gasteiger partial charge in [-0.25, -0.2) is 14.6 Å². The van der Waals surface area contributed by atoms with E-state index in [9.17, 15) is 19.5 Å². The van der Waals surface area contributed by atoms with Gasteiger partial charge in [0.25, 0.3) is 5.91 Å². The van der Waals surface area contributed by atoms with Gasteiger partial charge in [0, 0.05) is 11.3 Å². The number of aliphatic carboxylic acids is 1. The maximum atomic E-state index is 12.4. The van der Waals surface area contributed by atoms with Crippen LogP contribution in [-0.4, -0.2) is 40.7 Å². The minimum Gasteiger partial charge on any atom is -0.480 e. The van der Waals surface area contributed by atoms with Crippen molar-refractivity contribution in [3.8, 4) is 11.1 Å². The van der Waals surface area contributed by atoms with Gasteiger partial charge < -0.3 is 20.5 Å². The Bertz CT molecular complexity index is 1180. The molecule has 0 radical (unpaired) electrons. The van der Waals surface area contributed by atoms with Crippen LogP contribution in [0.3, 0.4) is 0 Å².